The van der Waals surface area contributed by atoms with E-state index < -0.39 is 0 Å². The van der Waals surface area contributed by atoms with E-state index in [0.29, 0.717) is 5.92 Å². The third-order valence-corrected chi connectivity index (χ3v) is 4.59. The number of piperidine rings is 1. The minimum Gasteiger partial charge on any atom is -0.465 e. The van der Waals surface area contributed by atoms with Crippen LogP contribution in [0.1, 0.15) is 36.1 Å². The van der Waals surface area contributed by atoms with Crippen LogP contribution in [0.3, 0.4) is 0 Å². The highest BCUT2D eigenvalue weighted by Gasteiger charge is 2.24. The van der Waals surface area contributed by atoms with Gasteiger partial charge < -0.3 is 4.42 Å². The van der Waals surface area contributed by atoms with Crippen molar-refractivity contribution in [1.82, 2.24) is 25.1 Å². The molecule has 0 spiro atoms. The molecule has 0 atom stereocenters. The van der Waals surface area contributed by atoms with Crippen molar-refractivity contribution in [1.29, 1.82) is 0 Å². The number of pyridine rings is 1. The van der Waals surface area contributed by atoms with Crippen molar-refractivity contribution in [3.05, 3.63) is 54.0 Å². The first-order chi connectivity index (χ1) is 11.8. The van der Waals surface area contributed by atoms with Crippen molar-refractivity contribution in [2.24, 2.45) is 0 Å². The number of furan rings is 1. The molecule has 0 radical (unpaired) electrons. The van der Waals surface area contributed by atoms with Gasteiger partial charge >= 0.3 is 0 Å². The highest BCUT2D eigenvalue weighted by atomic mass is 16.3. The quantitative estimate of drug-likeness (QED) is 0.798. The van der Waals surface area contributed by atoms with Crippen LogP contribution in [-0.2, 0) is 6.54 Å². The number of aromatic nitrogens is 4. The Balaban J connectivity index is 1.37. The van der Waals surface area contributed by atoms with Crippen molar-refractivity contribution in [2.45, 2.75) is 32.2 Å². The van der Waals surface area contributed by atoms with Crippen molar-refractivity contribution in [3.63, 3.8) is 0 Å². The van der Waals surface area contributed by atoms with E-state index >= 15 is 0 Å². The summed E-state index contributed by atoms with van der Waals surface area (Å²) in [6.07, 6.45) is 5.70. The maximum absolute atomic E-state index is 5.67. The number of likely N-dealkylation sites (tertiary alicyclic amines) is 1. The summed E-state index contributed by atoms with van der Waals surface area (Å²) in [5.74, 6) is 4.22. The molecule has 124 valence electrons. The molecule has 0 aromatic carbocycles. The zero-order valence-corrected chi connectivity index (χ0v) is 13.8. The Labute approximate surface area is 140 Å². The Morgan fingerprint density at radius 3 is 2.67 bits per heavy atom. The topological polar surface area (TPSA) is 70.8 Å². The minimum absolute atomic E-state index is 0.447. The smallest absolute Gasteiger partial charge is 0.181 e. The van der Waals surface area contributed by atoms with Crippen LogP contribution in [0.15, 0.2) is 41.1 Å². The number of hydrogen-bond donors (Lipinski definition) is 1. The van der Waals surface area contributed by atoms with E-state index in [1.165, 1.54) is 0 Å². The van der Waals surface area contributed by atoms with Gasteiger partial charge in [0.05, 0.1) is 6.54 Å². The Hall–Kier alpha value is -2.47. The molecular formula is C18H21N5O. The molecular weight excluding hydrogens is 302 g/mol. The lowest BCUT2D eigenvalue weighted by molar-refractivity contribution is 0.187. The SMILES string of the molecule is Cc1ccc(CN2CCC(c3nc(-c4ccncc4)n[nH]3)CC2)o1. The van der Waals surface area contributed by atoms with Crippen LogP contribution in [0, 0.1) is 6.92 Å². The average molecular weight is 323 g/mol. The van der Waals surface area contributed by atoms with Crippen LogP contribution in [0.5, 0.6) is 0 Å². The predicted molar refractivity (Wildman–Crippen MR) is 90.3 cm³/mol. The van der Waals surface area contributed by atoms with Gasteiger partial charge in [0.25, 0.3) is 0 Å². The second-order valence-corrected chi connectivity index (χ2v) is 6.34. The lowest BCUT2D eigenvalue weighted by Gasteiger charge is -2.30. The summed E-state index contributed by atoms with van der Waals surface area (Å²) >= 11 is 0. The lowest BCUT2D eigenvalue weighted by atomic mass is 9.96. The first-order valence-electron chi connectivity index (χ1n) is 8.38. The fourth-order valence-corrected chi connectivity index (χ4v) is 3.24. The zero-order valence-electron chi connectivity index (χ0n) is 13.8. The van der Waals surface area contributed by atoms with E-state index in [0.717, 1.165) is 61.2 Å². The second kappa shape index (κ2) is 6.57. The molecule has 1 saturated heterocycles. The number of aryl methyl sites for hydroxylation is 1. The summed E-state index contributed by atoms with van der Waals surface area (Å²) in [5.41, 5.74) is 0.998. The summed E-state index contributed by atoms with van der Waals surface area (Å²) in [6.45, 7) is 4.98. The highest BCUT2D eigenvalue weighted by Crippen LogP contribution is 2.27. The van der Waals surface area contributed by atoms with Crippen molar-refractivity contribution in [2.75, 3.05) is 13.1 Å². The molecule has 1 N–H and O–H groups in total. The fourth-order valence-electron chi connectivity index (χ4n) is 3.24. The highest BCUT2D eigenvalue weighted by molar-refractivity contribution is 5.53. The predicted octanol–water partition coefficient (Wildman–Crippen LogP) is 3.15. The molecule has 1 fully saturated rings. The molecule has 4 heterocycles. The van der Waals surface area contributed by atoms with Gasteiger partial charge in [-0.25, -0.2) is 4.98 Å². The lowest BCUT2D eigenvalue weighted by Crippen LogP contribution is -2.32. The summed E-state index contributed by atoms with van der Waals surface area (Å²) in [6, 6.07) is 7.96. The van der Waals surface area contributed by atoms with E-state index in [4.69, 9.17) is 4.42 Å². The first-order valence-corrected chi connectivity index (χ1v) is 8.38. The molecule has 3 aromatic rings. The third-order valence-electron chi connectivity index (χ3n) is 4.59. The van der Waals surface area contributed by atoms with Crippen LogP contribution >= 0.6 is 0 Å². The molecule has 0 unspecified atom stereocenters. The number of nitrogens with zero attached hydrogens (tertiary/aromatic N) is 4. The summed E-state index contributed by atoms with van der Waals surface area (Å²) in [7, 11) is 0. The standard InChI is InChI=1S/C18H21N5O/c1-13-2-3-16(24-13)12-23-10-6-15(7-11-23)18-20-17(21-22-18)14-4-8-19-9-5-14/h2-5,8-9,15H,6-7,10-12H2,1H3,(H,20,21,22). The van der Waals surface area contributed by atoms with Crippen LogP contribution in [-0.4, -0.2) is 38.2 Å². The monoisotopic (exact) mass is 323 g/mol. The number of nitrogens with one attached hydrogen (secondary N) is 1. The molecule has 6 heteroatoms. The minimum atomic E-state index is 0.447. The normalized spacial score (nSPS) is 16.5. The van der Waals surface area contributed by atoms with Crippen LogP contribution in [0.4, 0.5) is 0 Å². The zero-order chi connectivity index (χ0) is 16.4. The Morgan fingerprint density at radius 2 is 1.96 bits per heavy atom. The summed E-state index contributed by atoms with van der Waals surface area (Å²) < 4.78 is 5.67. The average Bonchev–Trinajstić information content (AvgIpc) is 3.26. The molecule has 24 heavy (non-hydrogen) atoms. The van der Waals surface area contributed by atoms with Crippen molar-refractivity contribution < 1.29 is 4.42 Å². The van der Waals surface area contributed by atoms with Crippen LogP contribution in [0.2, 0.25) is 0 Å². The van der Waals surface area contributed by atoms with E-state index in [9.17, 15) is 0 Å². The van der Waals surface area contributed by atoms with E-state index in [1.807, 2.05) is 25.1 Å². The molecule has 1 aliphatic rings. The van der Waals surface area contributed by atoms with Gasteiger partial charge in [-0.15, -0.1) is 0 Å². The van der Waals surface area contributed by atoms with E-state index in [2.05, 4.69) is 31.1 Å². The molecule has 1 aliphatic heterocycles. The summed E-state index contributed by atoms with van der Waals surface area (Å²) in [5, 5.41) is 7.48. The van der Waals surface area contributed by atoms with Crippen molar-refractivity contribution in [3.8, 4) is 11.4 Å². The third kappa shape index (κ3) is 3.23. The largest absolute Gasteiger partial charge is 0.465 e. The van der Waals surface area contributed by atoms with Gasteiger partial charge in [-0.05, 0) is 57.1 Å². The van der Waals surface area contributed by atoms with Gasteiger partial charge in [-0.1, -0.05) is 0 Å². The molecule has 3 aromatic heterocycles. The Bertz CT molecular complexity index is 787. The van der Waals surface area contributed by atoms with E-state index in [1.54, 1.807) is 12.4 Å². The molecule has 0 bridgehead atoms. The molecule has 6 nitrogen and oxygen atoms in total. The fraction of sp³-hybridized carbons (Fsp3) is 0.389. The molecule has 4 rings (SSSR count). The first kappa shape index (κ1) is 15.1. The van der Waals surface area contributed by atoms with Crippen LogP contribution in [0.25, 0.3) is 11.4 Å². The maximum Gasteiger partial charge on any atom is 0.181 e. The molecule has 0 amide bonds. The van der Waals surface area contributed by atoms with Gasteiger partial charge in [0.1, 0.15) is 17.3 Å². The summed E-state index contributed by atoms with van der Waals surface area (Å²) in [4.78, 5) is 11.2. The number of aromatic amines is 1. The Morgan fingerprint density at radius 1 is 1.17 bits per heavy atom. The molecule has 0 saturated carbocycles. The van der Waals surface area contributed by atoms with E-state index in [-0.39, 0.29) is 0 Å². The van der Waals surface area contributed by atoms with Crippen LogP contribution < -0.4 is 0 Å². The number of H-pyrrole nitrogens is 1. The number of rotatable bonds is 4. The van der Waals surface area contributed by atoms with Gasteiger partial charge in [0, 0.05) is 23.9 Å². The van der Waals surface area contributed by atoms with Gasteiger partial charge in [0.2, 0.25) is 0 Å². The molecule has 0 aliphatic carbocycles. The number of hydrogen-bond acceptors (Lipinski definition) is 5. The van der Waals surface area contributed by atoms with Gasteiger partial charge in [0.15, 0.2) is 5.82 Å². The van der Waals surface area contributed by atoms with Gasteiger partial charge in [-0.2, -0.15) is 5.10 Å². The second-order valence-electron chi connectivity index (χ2n) is 6.34. The Kier molecular flexibility index (Phi) is 4.13. The van der Waals surface area contributed by atoms with Crippen molar-refractivity contribution >= 4 is 0 Å². The van der Waals surface area contributed by atoms with Gasteiger partial charge in [-0.3, -0.25) is 15.0 Å². The maximum atomic E-state index is 5.67.